The fourth-order valence-electron chi connectivity index (χ4n) is 2.51. The Morgan fingerprint density at radius 1 is 1.37 bits per heavy atom. The minimum absolute atomic E-state index is 0.00621. The van der Waals surface area contributed by atoms with Crippen molar-refractivity contribution in [2.24, 2.45) is 0 Å². The molecule has 0 aliphatic carbocycles. The molecule has 2 saturated heterocycles. The summed E-state index contributed by atoms with van der Waals surface area (Å²) in [7, 11) is 2.16. The molecule has 0 radical (unpaired) electrons. The van der Waals surface area contributed by atoms with Crippen LogP contribution in [0, 0.1) is 0 Å². The summed E-state index contributed by atoms with van der Waals surface area (Å²) in [5.41, 5.74) is 0.0304. The molecule has 2 aliphatic rings. The van der Waals surface area contributed by atoms with Gasteiger partial charge < -0.3 is 10.2 Å². The van der Waals surface area contributed by atoms with Crippen molar-refractivity contribution < 1.29 is 4.79 Å². The third-order valence-electron chi connectivity index (χ3n) is 4.09. The smallest absolute Gasteiger partial charge is 0.238 e. The van der Waals surface area contributed by atoms with Crippen LogP contribution in [0.4, 0.5) is 0 Å². The molecule has 2 heterocycles. The van der Waals surface area contributed by atoms with Crippen LogP contribution in [-0.2, 0) is 4.79 Å². The summed E-state index contributed by atoms with van der Waals surface area (Å²) < 4.78 is 0. The molecule has 0 aromatic rings. The van der Waals surface area contributed by atoms with E-state index in [2.05, 4.69) is 41.3 Å². The van der Waals surface area contributed by atoms with E-state index in [1.54, 1.807) is 11.8 Å². The molecule has 1 atom stereocenters. The van der Waals surface area contributed by atoms with Gasteiger partial charge in [0.25, 0.3) is 0 Å². The fraction of sp³-hybridized carbons (Fsp3) is 0.923. The van der Waals surface area contributed by atoms with Gasteiger partial charge >= 0.3 is 0 Å². The van der Waals surface area contributed by atoms with Gasteiger partial charge in [-0.25, -0.2) is 0 Å². The highest BCUT2D eigenvalue weighted by Gasteiger charge is 2.30. The molecule has 2 aliphatic heterocycles. The predicted octanol–water partition coefficient (Wildman–Crippen LogP) is -0.209. The molecular weight excluding hydrogens is 260 g/mol. The maximum atomic E-state index is 12.0. The number of nitrogens with one attached hydrogen (secondary N) is 2. The Kier molecular flexibility index (Phi) is 5.11. The first-order valence-electron chi connectivity index (χ1n) is 7.01. The third kappa shape index (κ3) is 4.08. The Morgan fingerprint density at radius 3 is 2.63 bits per heavy atom. The van der Waals surface area contributed by atoms with Gasteiger partial charge in [-0.05, 0) is 20.9 Å². The second-order valence-corrected chi connectivity index (χ2v) is 7.12. The van der Waals surface area contributed by atoms with E-state index in [1.165, 1.54) is 0 Å². The van der Waals surface area contributed by atoms with E-state index < -0.39 is 0 Å². The van der Waals surface area contributed by atoms with Crippen LogP contribution in [0.15, 0.2) is 0 Å². The monoisotopic (exact) mass is 286 g/mol. The van der Waals surface area contributed by atoms with Gasteiger partial charge in [-0.2, -0.15) is 0 Å². The van der Waals surface area contributed by atoms with E-state index >= 15 is 0 Å². The lowest BCUT2D eigenvalue weighted by Gasteiger charge is -2.43. The van der Waals surface area contributed by atoms with E-state index in [1.807, 2.05) is 0 Å². The van der Waals surface area contributed by atoms with Crippen LogP contribution in [0.3, 0.4) is 0 Å². The first-order chi connectivity index (χ1) is 8.99. The van der Waals surface area contributed by atoms with Crippen LogP contribution in [0.5, 0.6) is 0 Å². The van der Waals surface area contributed by atoms with Crippen molar-refractivity contribution in [3.8, 4) is 0 Å². The minimum atomic E-state index is -0.00621. The Bertz CT molecular complexity index is 310. The average molecular weight is 286 g/mol. The number of piperazine rings is 1. The van der Waals surface area contributed by atoms with Crippen molar-refractivity contribution in [1.82, 2.24) is 20.4 Å². The largest absolute Gasteiger partial charge is 0.353 e. The molecule has 0 saturated carbocycles. The van der Waals surface area contributed by atoms with Gasteiger partial charge in [0.05, 0.1) is 6.04 Å². The van der Waals surface area contributed by atoms with Crippen molar-refractivity contribution in [3.63, 3.8) is 0 Å². The van der Waals surface area contributed by atoms with E-state index in [0.717, 1.165) is 44.4 Å². The first-order valence-corrected chi connectivity index (χ1v) is 8.17. The summed E-state index contributed by atoms with van der Waals surface area (Å²) in [6, 6.07) is -0.00621. The number of amides is 1. The minimum Gasteiger partial charge on any atom is -0.353 e. The molecule has 0 aromatic carbocycles. The Balaban J connectivity index is 1.78. The molecule has 0 bridgehead atoms. The van der Waals surface area contributed by atoms with Gasteiger partial charge in [-0.1, -0.05) is 0 Å². The molecule has 110 valence electrons. The molecule has 0 spiro atoms. The Hall–Kier alpha value is -0.300. The zero-order chi connectivity index (χ0) is 13.9. The van der Waals surface area contributed by atoms with Crippen molar-refractivity contribution in [1.29, 1.82) is 0 Å². The zero-order valence-electron chi connectivity index (χ0n) is 12.2. The van der Waals surface area contributed by atoms with Crippen molar-refractivity contribution in [2.75, 3.05) is 51.4 Å². The first kappa shape index (κ1) is 15.1. The maximum absolute atomic E-state index is 12.0. The highest BCUT2D eigenvalue weighted by molar-refractivity contribution is 7.99. The number of nitrogens with zero attached hydrogens (tertiary/aromatic N) is 2. The molecule has 6 heteroatoms. The van der Waals surface area contributed by atoms with Crippen LogP contribution in [0.1, 0.15) is 13.8 Å². The van der Waals surface area contributed by atoms with E-state index in [-0.39, 0.29) is 17.5 Å². The number of likely N-dealkylation sites (N-methyl/N-ethyl adjacent to an activating group) is 1. The lowest BCUT2D eigenvalue weighted by molar-refractivity contribution is -0.123. The Labute approximate surface area is 120 Å². The number of thioether (sulfide) groups is 1. The van der Waals surface area contributed by atoms with E-state index in [4.69, 9.17) is 0 Å². The Morgan fingerprint density at radius 2 is 2.05 bits per heavy atom. The standard InChI is InChI=1S/C13H26N4OS/c1-13(2,17-6-4-16(3)5-7-17)9-14-12(18)11-8-19-10-15-11/h11,15H,4-10H2,1-3H3,(H,14,18). The zero-order valence-corrected chi connectivity index (χ0v) is 13.1. The number of hydrogen-bond donors (Lipinski definition) is 2. The van der Waals surface area contributed by atoms with Crippen LogP contribution in [-0.4, -0.2) is 78.7 Å². The summed E-state index contributed by atoms with van der Waals surface area (Å²) in [5.74, 6) is 1.92. The lowest BCUT2D eigenvalue weighted by atomic mass is 10.0. The van der Waals surface area contributed by atoms with E-state index in [0.29, 0.717) is 0 Å². The molecule has 2 N–H and O–H groups in total. The second kappa shape index (κ2) is 6.43. The van der Waals surface area contributed by atoms with Crippen molar-refractivity contribution in [2.45, 2.75) is 25.4 Å². The summed E-state index contributed by atoms with van der Waals surface area (Å²) in [6.07, 6.45) is 0. The van der Waals surface area contributed by atoms with Crippen LogP contribution in [0.2, 0.25) is 0 Å². The highest BCUT2D eigenvalue weighted by atomic mass is 32.2. The van der Waals surface area contributed by atoms with Gasteiger partial charge in [0.2, 0.25) is 5.91 Å². The number of carbonyl (C=O) groups excluding carboxylic acids is 1. The maximum Gasteiger partial charge on any atom is 0.238 e. The normalized spacial score (nSPS) is 26.6. The topological polar surface area (TPSA) is 47.6 Å². The number of rotatable bonds is 4. The highest BCUT2D eigenvalue weighted by Crippen LogP contribution is 2.16. The molecule has 5 nitrogen and oxygen atoms in total. The van der Waals surface area contributed by atoms with Crippen LogP contribution >= 0.6 is 11.8 Å². The second-order valence-electron chi connectivity index (χ2n) is 6.09. The summed E-state index contributed by atoms with van der Waals surface area (Å²) >= 11 is 1.78. The molecule has 19 heavy (non-hydrogen) atoms. The third-order valence-corrected chi connectivity index (χ3v) is 5.03. The fourth-order valence-corrected chi connectivity index (χ4v) is 3.46. The summed E-state index contributed by atoms with van der Waals surface area (Å²) in [4.78, 5) is 16.8. The molecule has 2 rings (SSSR count). The summed E-state index contributed by atoms with van der Waals surface area (Å²) in [5, 5.41) is 6.31. The van der Waals surface area contributed by atoms with Gasteiger partial charge in [0.15, 0.2) is 0 Å². The molecule has 1 amide bonds. The van der Waals surface area contributed by atoms with Gasteiger partial charge in [-0.3, -0.25) is 15.0 Å². The predicted molar refractivity (Wildman–Crippen MR) is 80.4 cm³/mol. The van der Waals surface area contributed by atoms with Crippen LogP contribution in [0.25, 0.3) is 0 Å². The molecule has 0 aromatic heterocycles. The van der Waals surface area contributed by atoms with E-state index in [9.17, 15) is 4.79 Å². The molecule has 2 fully saturated rings. The van der Waals surface area contributed by atoms with Crippen molar-refractivity contribution in [3.05, 3.63) is 0 Å². The molecule has 1 unspecified atom stereocenters. The van der Waals surface area contributed by atoms with Gasteiger partial charge in [0.1, 0.15) is 0 Å². The van der Waals surface area contributed by atoms with Crippen LogP contribution < -0.4 is 10.6 Å². The quantitative estimate of drug-likeness (QED) is 0.749. The molecular formula is C13H26N4OS. The SMILES string of the molecule is CN1CCN(C(C)(C)CNC(=O)C2CSCN2)CC1. The van der Waals surface area contributed by atoms with Crippen molar-refractivity contribution >= 4 is 17.7 Å². The summed E-state index contributed by atoms with van der Waals surface area (Å²) in [6.45, 7) is 9.54. The van der Waals surface area contributed by atoms with Gasteiger partial charge in [-0.15, -0.1) is 11.8 Å². The number of hydrogen-bond acceptors (Lipinski definition) is 5. The number of carbonyl (C=O) groups is 1. The average Bonchev–Trinajstić information content (AvgIpc) is 2.90. The van der Waals surface area contributed by atoms with Gasteiger partial charge in [0, 0.05) is 49.9 Å². The lowest BCUT2D eigenvalue weighted by Crippen LogP contribution is -2.58.